The van der Waals surface area contributed by atoms with E-state index in [0.29, 0.717) is 30.4 Å². The predicted molar refractivity (Wildman–Crippen MR) is 131 cm³/mol. The van der Waals surface area contributed by atoms with Crippen molar-refractivity contribution >= 4 is 29.9 Å². The molecule has 0 radical (unpaired) electrons. The van der Waals surface area contributed by atoms with Gasteiger partial charge in [-0.05, 0) is 31.9 Å². The summed E-state index contributed by atoms with van der Waals surface area (Å²) in [4.78, 5) is 4.55. The van der Waals surface area contributed by atoms with Crippen LogP contribution in [-0.4, -0.2) is 40.5 Å². The molecule has 0 saturated carbocycles. The number of aromatic nitrogens is 3. The van der Waals surface area contributed by atoms with Gasteiger partial charge in [-0.3, -0.25) is 0 Å². The summed E-state index contributed by atoms with van der Waals surface area (Å²) in [6.45, 7) is 4.86. The molecule has 2 aromatic rings. The molecular weight excluding hydrogens is 533 g/mol. The van der Waals surface area contributed by atoms with Crippen LogP contribution in [0.2, 0.25) is 0 Å². The third kappa shape index (κ3) is 9.13. The molecule has 2 rings (SSSR count). The molecule has 0 aliphatic rings. The second-order valence-electron chi connectivity index (χ2n) is 7.02. The molecule has 1 aromatic heterocycles. The maximum absolute atomic E-state index is 12.9. The largest absolute Gasteiger partial charge is 0.493 e. The van der Waals surface area contributed by atoms with Gasteiger partial charge >= 0.3 is 6.61 Å². The number of halogens is 3. The summed E-state index contributed by atoms with van der Waals surface area (Å²) in [7, 11) is 1.89. The molecule has 2 N–H and O–H groups in total. The third-order valence-electron chi connectivity index (χ3n) is 4.55. The number of hydrogen-bond donors (Lipinski definition) is 2. The van der Waals surface area contributed by atoms with Gasteiger partial charge in [-0.15, -0.1) is 34.2 Å². The number of guanidine groups is 1. The molecule has 11 heteroatoms. The molecule has 8 nitrogen and oxygen atoms in total. The summed E-state index contributed by atoms with van der Waals surface area (Å²) in [5.74, 6) is 2.69. The Labute approximate surface area is 205 Å². The van der Waals surface area contributed by atoms with Crippen molar-refractivity contribution in [1.82, 2.24) is 25.4 Å². The number of unbranched alkanes of at least 4 members (excludes halogenated alkanes) is 1. The maximum Gasteiger partial charge on any atom is 0.387 e. The van der Waals surface area contributed by atoms with Gasteiger partial charge in [-0.2, -0.15) is 8.78 Å². The van der Waals surface area contributed by atoms with Crippen LogP contribution in [-0.2, 0) is 20.1 Å². The second-order valence-corrected chi connectivity index (χ2v) is 7.02. The van der Waals surface area contributed by atoms with Crippen LogP contribution in [0.4, 0.5) is 8.78 Å². The van der Waals surface area contributed by atoms with E-state index in [1.54, 1.807) is 12.1 Å². The van der Waals surface area contributed by atoms with Gasteiger partial charge < -0.3 is 24.7 Å². The average molecular weight is 566 g/mol. The molecule has 0 amide bonds. The third-order valence-corrected chi connectivity index (χ3v) is 4.55. The van der Waals surface area contributed by atoms with Gasteiger partial charge in [-0.1, -0.05) is 20.3 Å². The lowest BCUT2D eigenvalue weighted by Gasteiger charge is -2.14. The molecule has 0 bridgehead atoms. The standard InChI is InChI=1S/C21H32F2N6O2.HI/c1-5-7-10-24-21(26-14-19-28-27-15(3)29(19)4)25-13-16-8-9-17(30-11-6-2)12-18(16)31-20(22)23;/h8-9,12,20H,5-7,10-11,13-14H2,1-4H3,(H2,24,25,26);1H. The molecule has 0 atom stereocenters. The highest BCUT2D eigenvalue weighted by molar-refractivity contribution is 14.0. The van der Waals surface area contributed by atoms with Crippen molar-refractivity contribution < 1.29 is 18.3 Å². The highest BCUT2D eigenvalue weighted by atomic mass is 127. The highest BCUT2D eigenvalue weighted by Gasteiger charge is 2.12. The Bertz CT molecular complexity index is 848. The molecule has 0 aliphatic heterocycles. The fourth-order valence-electron chi connectivity index (χ4n) is 2.67. The lowest BCUT2D eigenvalue weighted by Crippen LogP contribution is -2.38. The Balaban J connectivity index is 0.00000512. The zero-order chi connectivity index (χ0) is 22.6. The van der Waals surface area contributed by atoms with Crippen LogP contribution < -0.4 is 20.1 Å². The fraction of sp³-hybridized carbons (Fsp3) is 0.571. The van der Waals surface area contributed by atoms with Crippen molar-refractivity contribution in [3.05, 3.63) is 35.4 Å². The number of benzene rings is 1. The van der Waals surface area contributed by atoms with Crippen molar-refractivity contribution in [1.29, 1.82) is 0 Å². The average Bonchev–Trinajstić information content (AvgIpc) is 3.06. The van der Waals surface area contributed by atoms with Crippen molar-refractivity contribution in [2.45, 2.75) is 59.7 Å². The first-order chi connectivity index (χ1) is 14.9. The summed E-state index contributed by atoms with van der Waals surface area (Å²) < 4.78 is 37.9. The first-order valence-corrected chi connectivity index (χ1v) is 10.5. The smallest absolute Gasteiger partial charge is 0.387 e. The quantitative estimate of drug-likeness (QED) is 0.174. The summed E-state index contributed by atoms with van der Waals surface area (Å²) in [5, 5.41) is 14.7. The Hall–Kier alpha value is -2.18. The van der Waals surface area contributed by atoms with Gasteiger partial charge in [0.25, 0.3) is 0 Å². The minimum absolute atomic E-state index is 0. The number of nitrogens with one attached hydrogen (secondary N) is 2. The Kier molecular flexibility index (Phi) is 12.9. The molecule has 1 heterocycles. The van der Waals surface area contributed by atoms with Crippen LogP contribution in [0.1, 0.15) is 50.3 Å². The fourth-order valence-corrected chi connectivity index (χ4v) is 2.67. The van der Waals surface area contributed by atoms with Gasteiger partial charge in [-0.25, -0.2) is 4.99 Å². The Morgan fingerprint density at radius 1 is 1.19 bits per heavy atom. The van der Waals surface area contributed by atoms with E-state index >= 15 is 0 Å². The maximum atomic E-state index is 12.9. The second kappa shape index (κ2) is 14.8. The molecular formula is C21H33F2IN6O2. The van der Waals surface area contributed by atoms with Crippen LogP contribution >= 0.6 is 24.0 Å². The molecule has 0 spiro atoms. The van der Waals surface area contributed by atoms with E-state index in [0.717, 1.165) is 37.5 Å². The van der Waals surface area contributed by atoms with Crippen molar-refractivity contribution in [3.63, 3.8) is 0 Å². The molecule has 180 valence electrons. The highest BCUT2D eigenvalue weighted by Crippen LogP contribution is 2.27. The van der Waals surface area contributed by atoms with E-state index in [1.165, 1.54) is 6.07 Å². The monoisotopic (exact) mass is 566 g/mol. The summed E-state index contributed by atoms with van der Waals surface area (Å²) in [6.07, 6.45) is 2.84. The van der Waals surface area contributed by atoms with E-state index in [-0.39, 0.29) is 36.3 Å². The topological polar surface area (TPSA) is 85.6 Å². The number of aryl methyl sites for hydroxylation is 1. The van der Waals surface area contributed by atoms with Gasteiger partial charge in [0.15, 0.2) is 11.8 Å². The van der Waals surface area contributed by atoms with Gasteiger partial charge in [0, 0.05) is 25.2 Å². The first kappa shape index (κ1) is 27.9. The number of aliphatic imine (C=N–C) groups is 1. The summed E-state index contributed by atoms with van der Waals surface area (Å²) >= 11 is 0. The van der Waals surface area contributed by atoms with Crippen LogP contribution in [0.5, 0.6) is 11.5 Å². The predicted octanol–water partition coefficient (Wildman–Crippen LogP) is 4.17. The molecule has 0 unspecified atom stereocenters. The SMILES string of the molecule is CCCCNC(=NCc1ccc(OCCC)cc1OC(F)F)NCc1nnc(C)n1C.I. The zero-order valence-corrected chi connectivity index (χ0v) is 21.4. The lowest BCUT2D eigenvalue weighted by molar-refractivity contribution is -0.0505. The first-order valence-electron chi connectivity index (χ1n) is 10.5. The van der Waals surface area contributed by atoms with E-state index in [9.17, 15) is 8.78 Å². The van der Waals surface area contributed by atoms with Crippen molar-refractivity contribution in [3.8, 4) is 11.5 Å². The minimum atomic E-state index is -2.93. The van der Waals surface area contributed by atoms with Crippen LogP contribution in [0.15, 0.2) is 23.2 Å². The van der Waals surface area contributed by atoms with Gasteiger partial charge in [0.2, 0.25) is 0 Å². The van der Waals surface area contributed by atoms with Crippen LogP contribution in [0.3, 0.4) is 0 Å². The molecule has 0 aliphatic carbocycles. The van der Waals surface area contributed by atoms with Crippen molar-refractivity contribution in [2.24, 2.45) is 12.0 Å². The van der Waals surface area contributed by atoms with Gasteiger partial charge in [0.05, 0.1) is 19.7 Å². The van der Waals surface area contributed by atoms with E-state index in [2.05, 4.69) is 32.7 Å². The molecule has 1 aromatic carbocycles. The zero-order valence-electron chi connectivity index (χ0n) is 19.0. The lowest BCUT2D eigenvalue weighted by atomic mass is 10.2. The Morgan fingerprint density at radius 3 is 2.59 bits per heavy atom. The molecule has 0 fully saturated rings. The van der Waals surface area contributed by atoms with E-state index < -0.39 is 6.61 Å². The summed E-state index contributed by atoms with van der Waals surface area (Å²) in [6, 6.07) is 4.91. The van der Waals surface area contributed by atoms with Crippen LogP contribution in [0.25, 0.3) is 0 Å². The van der Waals surface area contributed by atoms with Gasteiger partial charge in [0.1, 0.15) is 17.3 Å². The van der Waals surface area contributed by atoms with Crippen molar-refractivity contribution in [2.75, 3.05) is 13.2 Å². The molecule has 32 heavy (non-hydrogen) atoms. The van der Waals surface area contributed by atoms with E-state index in [1.807, 2.05) is 25.5 Å². The number of alkyl halides is 2. The minimum Gasteiger partial charge on any atom is -0.493 e. The number of rotatable bonds is 12. The number of nitrogens with zero attached hydrogens (tertiary/aromatic N) is 4. The Morgan fingerprint density at radius 2 is 1.97 bits per heavy atom. The summed E-state index contributed by atoms with van der Waals surface area (Å²) in [5.41, 5.74) is 0.537. The van der Waals surface area contributed by atoms with E-state index in [4.69, 9.17) is 9.47 Å². The normalized spacial score (nSPS) is 11.3. The number of hydrogen-bond acceptors (Lipinski definition) is 5. The molecule has 0 saturated heterocycles. The number of ether oxygens (including phenoxy) is 2. The van der Waals surface area contributed by atoms with Crippen LogP contribution in [0, 0.1) is 6.92 Å².